The Labute approximate surface area is 140 Å². The number of hydrogen-bond acceptors (Lipinski definition) is 3. The van der Waals surface area contributed by atoms with Crippen LogP contribution in [0.15, 0.2) is 47.4 Å². The zero-order chi connectivity index (χ0) is 16.4. The predicted molar refractivity (Wildman–Crippen MR) is 89.2 cm³/mol. The van der Waals surface area contributed by atoms with Crippen molar-refractivity contribution in [3.63, 3.8) is 0 Å². The Kier molecular flexibility index (Phi) is 4.42. The summed E-state index contributed by atoms with van der Waals surface area (Å²) < 4.78 is 10.5. The fourth-order valence-corrected chi connectivity index (χ4v) is 5.05. The second-order valence-electron chi connectivity index (χ2n) is 5.08. The van der Waals surface area contributed by atoms with Crippen molar-refractivity contribution in [3.05, 3.63) is 64.1 Å². The Morgan fingerprint density at radius 3 is 2.30 bits per heavy atom. The molecule has 1 aliphatic heterocycles. The molecule has 0 amide bonds. The number of rotatable bonds is 4. The quantitative estimate of drug-likeness (QED) is 0.835. The van der Waals surface area contributed by atoms with Gasteiger partial charge in [0.05, 0.1) is 0 Å². The van der Waals surface area contributed by atoms with E-state index in [9.17, 15) is 9.90 Å². The fraction of sp³-hybridized carbons (Fsp3) is 0.167. The summed E-state index contributed by atoms with van der Waals surface area (Å²) in [4.78, 5) is 13.6. The maximum absolute atomic E-state index is 11.5. The van der Waals surface area contributed by atoms with Crippen LogP contribution in [0.5, 0.6) is 11.5 Å². The first-order chi connectivity index (χ1) is 11.1. The van der Waals surface area contributed by atoms with Crippen LogP contribution < -0.4 is 9.47 Å². The van der Waals surface area contributed by atoms with Crippen molar-refractivity contribution in [3.8, 4) is 11.5 Å². The number of carboxylic acids is 1. The number of hydrogen-bond donors (Lipinski definition) is 1. The molecular formula is C18H16O4Se. The number of fused-ring (bicyclic) bond motifs is 1. The van der Waals surface area contributed by atoms with E-state index >= 15 is 0 Å². The Hall–Kier alpha value is -2.23. The van der Waals surface area contributed by atoms with Crippen LogP contribution in [0.1, 0.15) is 21.5 Å². The molecule has 1 N–H and O–H groups in total. The van der Waals surface area contributed by atoms with Gasteiger partial charge in [-0.2, -0.15) is 0 Å². The summed E-state index contributed by atoms with van der Waals surface area (Å²) in [6.45, 7) is 0. The zero-order valence-electron chi connectivity index (χ0n) is 12.8. The molecule has 2 aromatic carbocycles. The number of carboxylic acid groups (broad SMARTS) is 1. The molecule has 4 nitrogen and oxygen atoms in total. The monoisotopic (exact) mass is 376 g/mol. The number of ether oxygens (including phenoxy) is 2. The Morgan fingerprint density at radius 1 is 1.04 bits per heavy atom. The SMILES string of the molecule is COc1ccc(C2[Se]C=C(C(=O)O)c3cc(OC)ccc32)cc1. The van der Waals surface area contributed by atoms with Crippen LogP contribution in [-0.2, 0) is 4.79 Å². The van der Waals surface area contributed by atoms with Gasteiger partial charge in [-0.15, -0.1) is 0 Å². The first kappa shape index (κ1) is 15.7. The molecule has 1 unspecified atom stereocenters. The van der Waals surface area contributed by atoms with Gasteiger partial charge >= 0.3 is 141 Å². The van der Waals surface area contributed by atoms with Gasteiger partial charge in [0.2, 0.25) is 0 Å². The van der Waals surface area contributed by atoms with Crippen LogP contribution in [0.3, 0.4) is 0 Å². The zero-order valence-corrected chi connectivity index (χ0v) is 14.5. The summed E-state index contributed by atoms with van der Waals surface area (Å²) in [7, 11) is 3.22. The Bertz CT molecular complexity index is 765. The number of aliphatic carboxylic acids is 1. The van der Waals surface area contributed by atoms with Gasteiger partial charge in [0.25, 0.3) is 0 Å². The minimum absolute atomic E-state index is 0.0316. The van der Waals surface area contributed by atoms with Crippen LogP contribution in [0, 0.1) is 0 Å². The van der Waals surface area contributed by atoms with E-state index in [2.05, 4.69) is 0 Å². The number of benzene rings is 2. The van der Waals surface area contributed by atoms with Gasteiger partial charge in [-0.05, 0) is 0 Å². The molecule has 0 fully saturated rings. The van der Waals surface area contributed by atoms with Crippen molar-refractivity contribution in [2.75, 3.05) is 14.2 Å². The van der Waals surface area contributed by atoms with E-state index in [-0.39, 0.29) is 19.8 Å². The molecule has 1 aliphatic rings. The van der Waals surface area contributed by atoms with Crippen LogP contribution in [0.2, 0.25) is 0 Å². The normalized spacial score (nSPS) is 16.3. The average Bonchev–Trinajstić information content (AvgIpc) is 2.60. The molecule has 0 aliphatic carbocycles. The molecule has 0 aromatic heterocycles. The molecule has 118 valence electrons. The van der Waals surface area contributed by atoms with Gasteiger partial charge in [0.1, 0.15) is 0 Å². The number of carbonyl (C=O) groups is 1. The molecule has 2 aromatic rings. The molecule has 23 heavy (non-hydrogen) atoms. The molecule has 0 spiro atoms. The van der Waals surface area contributed by atoms with Gasteiger partial charge in [-0.3, -0.25) is 0 Å². The van der Waals surface area contributed by atoms with Gasteiger partial charge < -0.3 is 0 Å². The summed E-state index contributed by atoms with van der Waals surface area (Å²) in [6, 6.07) is 13.6. The first-order valence-corrected chi connectivity index (χ1v) is 9.03. The molecule has 3 rings (SSSR count). The van der Waals surface area contributed by atoms with E-state index in [0.29, 0.717) is 11.3 Å². The van der Waals surface area contributed by atoms with E-state index in [0.717, 1.165) is 22.4 Å². The molecular weight excluding hydrogens is 359 g/mol. The average molecular weight is 375 g/mol. The van der Waals surface area contributed by atoms with Gasteiger partial charge in [0, 0.05) is 0 Å². The molecule has 1 atom stereocenters. The molecule has 5 heteroatoms. The van der Waals surface area contributed by atoms with E-state index in [1.165, 1.54) is 0 Å². The fourth-order valence-electron chi connectivity index (χ4n) is 2.60. The van der Waals surface area contributed by atoms with Gasteiger partial charge in [0.15, 0.2) is 0 Å². The minimum atomic E-state index is -0.894. The van der Waals surface area contributed by atoms with Crippen molar-refractivity contribution in [2.24, 2.45) is 0 Å². The Morgan fingerprint density at radius 2 is 1.70 bits per heavy atom. The van der Waals surface area contributed by atoms with E-state index in [1.807, 2.05) is 41.4 Å². The third-order valence-corrected chi connectivity index (χ3v) is 6.26. The van der Waals surface area contributed by atoms with Crippen LogP contribution >= 0.6 is 0 Å². The predicted octanol–water partition coefficient (Wildman–Crippen LogP) is 2.94. The molecule has 0 radical (unpaired) electrons. The summed E-state index contributed by atoms with van der Waals surface area (Å²) in [6.07, 6.45) is 0. The van der Waals surface area contributed by atoms with Crippen molar-refractivity contribution >= 4 is 26.5 Å². The van der Waals surface area contributed by atoms with E-state index < -0.39 is 5.97 Å². The van der Waals surface area contributed by atoms with Crippen molar-refractivity contribution in [1.82, 2.24) is 0 Å². The molecule has 0 bridgehead atoms. The van der Waals surface area contributed by atoms with E-state index in [1.54, 1.807) is 20.3 Å². The molecule has 0 saturated heterocycles. The number of methoxy groups -OCH3 is 2. The summed E-state index contributed by atoms with van der Waals surface area (Å²) in [5.41, 5.74) is 3.31. The second kappa shape index (κ2) is 6.49. The van der Waals surface area contributed by atoms with Crippen molar-refractivity contribution in [2.45, 2.75) is 4.82 Å². The van der Waals surface area contributed by atoms with Crippen molar-refractivity contribution in [1.29, 1.82) is 0 Å². The van der Waals surface area contributed by atoms with Crippen molar-refractivity contribution < 1.29 is 19.4 Å². The Balaban J connectivity index is 2.07. The molecule has 0 saturated carbocycles. The molecule has 1 heterocycles. The third kappa shape index (κ3) is 2.98. The maximum atomic E-state index is 11.5. The first-order valence-electron chi connectivity index (χ1n) is 7.05. The summed E-state index contributed by atoms with van der Waals surface area (Å²) in [5.74, 6) is 0.585. The topological polar surface area (TPSA) is 55.8 Å². The second-order valence-corrected chi connectivity index (χ2v) is 7.13. The van der Waals surface area contributed by atoms with Crippen LogP contribution in [0.4, 0.5) is 0 Å². The van der Waals surface area contributed by atoms with Crippen LogP contribution in [-0.4, -0.2) is 40.3 Å². The standard InChI is InChI=1S/C18H16O4Se/c1-21-12-5-3-11(4-6-12)17-14-8-7-13(22-2)9-15(14)16(10-23-17)18(19)20/h3-10,17H,1-2H3,(H,19,20). The summed E-state index contributed by atoms with van der Waals surface area (Å²) in [5, 5.41) is 9.46. The summed E-state index contributed by atoms with van der Waals surface area (Å²) >= 11 is 0.0316. The van der Waals surface area contributed by atoms with Gasteiger partial charge in [-0.1, -0.05) is 0 Å². The third-order valence-electron chi connectivity index (χ3n) is 3.80. The van der Waals surface area contributed by atoms with Gasteiger partial charge in [-0.25, -0.2) is 0 Å². The van der Waals surface area contributed by atoms with E-state index in [4.69, 9.17) is 9.47 Å². The van der Waals surface area contributed by atoms with Crippen LogP contribution in [0.25, 0.3) is 5.57 Å².